The van der Waals surface area contributed by atoms with Gasteiger partial charge in [-0.1, -0.05) is 13.8 Å². The minimum absolute atomic E-state index is 0.245. The Labute approximate surface area is 107 Å². The van der Waals surface area contributed by atoms with E-state index >= 15 is 0 Å². The van der Waals surface area contributed by atoms with Crippen LogP contribution in [0.1, 0.15) is 33.1 Å². The molecule has 0 aromatic carbocycles. The highest BCUT2D eigenvalue weighted by Gasteiger charge is 2.25. The van der Waals surface area contributed by atoms with Crippen molar-refractivity contribution in [1.29, 1.82) is 0 Å². The second-order valence-corrected chi connectivity index (χ2v) is 5.51. The van der Waals surface area contributed by atoms with Crippen LogP contribution in [0.4, 0.5) is 16.2 Å². The lowest BCUT2D eigenvalue weighted by Gasteiger charge is -2.24. The van der Waals surface area contributed by atoms with Gasteiger partial charge < -0.3 is 4.90 Å². The molecule has 0 saturated carbocycles. The maximum absolute atomic E-state index is 13.8. The third-order valence-corrected chi connectivity index (χ3v) is 3.49. The van der Waals surface area contributed by atoms with Crippen molar-refractivity contribution in [3.05, 3.63) is 12.0 Å². The molecule has 1 aliphatic heterocycles. The zero-order chi connectivity index (χ0) is 13.2. The molecular formula is C12H20FN5. The van der Waals surface area contributed by atoms with E-state index in [2.05, 4.69) is 29.2 Å². The second-order valence-electron chi connectivity index (χ2n) is 5.51. The van der Waals surface area contributed by atoms with Crippen LogP contribution in [0.2, 0.25) is 0 Å². The van der Waals surface area contributed by atoms with Gasteiger partial charge in [0, 0.05) is 13.1 Å². The Morgan fingerprint density at radius 2 is 2.17 bits per heavy atom. The fraction of sp³-hybridized carbons (Fsp3) is 0.667. The molecule has 1 aromatic heterocycles. The molecule has 0 radical (unpaired) electrons. The molecule has 0 atom stereocenters. The van der Waals surface area contributed by atoms with Gasteiger partial charge in [0.1, 0.15) is 0 Å². The van der Waals surface area contributed by atoms with E-state index < -0.39 is 5.82 Å². The van der Waals surface area contributed by atoms with Gasteiger partial charge in [0.25, 0.3) is 0 Å². The summed E-state index contributed by atoms with van der Waals surface area (Å²) in [4.78, 5) is 9.84. The first-order valence-corrected chi connectivity index (χ1v) is 6.26. The van der Waals surface area contributed by atoms with Crippen LogP contribution < -0.4 is 16.2 Å². The van der Waals surface area contributed by atoms with Gasteiger partial charge >= 0.3 is 0 Å². The monoisotopic (exact) mass is 253 g/mol. The normalized spacial score (nSPS) is 19.4. The highest BCUT2D eigenvalue weighted by atomic mass is 19.1. The Bertz CT molecular complexity index is 421. The Morgan fingerprint density at radius 1 is 1.39 bits per heavy atom. The lowest BCUT2D eigenvalue weighted by atomic mass is 9.85. The van der Waals surface area contributed by atoms with Crippen LogP contribution in [0.15, 0.2) is 6.20 Å². The van der Waals surface area contributed by atoms with Gasteiger partial charge in [0.2, 0.25) is 5.95 Å². The number of nitrogen functional groups attached to an aromatic ring is 1. The number of nitrogens with zero attached hydrogens (tertiary/aromatic N) is 3. The Kier molecular flexibility index (Phi) is 3.65. The molecule has 1 aliphatic rings. The van der Waals surface area contributed by atoms with E-state index in [0.717, 1.165) is 38.5 Å². The molecule has 1 aromatic rings. The minimum atomic E-state index is -0.395. The third-order valence-electron chi connectivity index (χ3n) is 3.49. The Hall–Kier alpha value is -1.43. The molecule has 0 aliphatic carbocycles. The number of aromatic nitrogens is 2. The maximum Gasteiger partial charge on any atom is 0.239 e. The number of hydrazine groups is 1. The minimum Gasteiger partial charge on any atom is -0.354 e. The zero-order valence-electron chi connectivity index (χ0n) is 10.9. The van der Waals surface area contributed by atoms with Crippen LogP contribution in [0.3, 0.4) is 0 Å². The van der Waals surface area contributed by atoms with Gasteiger partial charge in [-0.25, -0.2) is 15.2 Å². The molecule has 2 heterocycles. The van der Waals surface area contributed by atoms with Crippen LogP contribution in [-0.4, -0.2) is 23.1 Å². The lowest BCUT2D eigenvalue weighted by molar-refractivity contribution is 0.325. The van der Waals surface area contributed by atoms with Crippen LogP contribution in [0, 0.1) is 11.2 Å². The number of rotatable bonds is 2. The molecule has 0 amide bonds. The summed E-state index contributed by atoms with van der Waals surface area (Å²) in [7, 11) is 0. The maximum atomic E-state index is 13.8. The number of halogens is 1. The fourth-order valence-electron chi connectivity index (χ4n) is 2.28. The zero-order valence-corrected chi connectivity index (χ0v) is 10.9. The molecule has 3 N–H and O–H groups in total. The van der Waals surface area contributed by atoms with Gasteiger partial charge in [-0.3, -0.25) is 5.43 Å². The topological polar surface area (TPSA) is 67.1 Å². The number of anilines is 2. The highest BCUT2D eigenvalue weighted by Crippen LogP contribution is 2.31. The summed E-state index contributed by atoms with van der Waals surface area (Å²) >= 11 is 0. The Balaban J connectivity index is 2.20. The predicted molar refractivity (Wildman–Crippen MR) is 69.6 cm³/mol. The summed E-state index contributed by atoms with van der Waals surface area (Å²) in [6.45, 7) is 6.13. The summed E-state index contributed by atoms with van der Waals surface area (Å²) in [5, 5.41) is 0. The number of nitrogens with one attached hydrogen (secondary N) is 1. The molecule has 1 fully saturated rings. The quantitative estimate of drug-likeness (QED) is 0.622. The first kappa shape index (κ1) is 13.0. The van der Waals surface area contributed by atoms with Crippen LogP contribution >= 0.6 is 0 Å². The lowest BCUT2D eigenvalue weighted by Crippen LogP contribution is -2.27. The van der Waals surface area contributed by atoms with E-state index in [9.17, 15) is 4.39 Å². The van der Waals surface area contributed by atoms with Gasteiger partial charge in [-0.05, 0) is 24.7 Å². The fourth-order valence-corrected chi connectivity index (χ4v) is 2.28. The summed E-state index contributed by atoms with van der Waals surface area (Å²) in [6.07, 6.45) is 4.38. The highest BCUT2D eigenvalue weighted by molar-refractivity contribution is 5.43. The smallest absolute Gasteiger partial charge is 0.239 e. The van der Waals surface area contributed by atoms with E-state index in [-0.39, 0.29) is 5.95 Å². The molecule has 6 heteroatoms. The van der Waals surface area contributed by atoms with Gasteiger partial charge in [-0.2, -0.15) is 4.98 Å². The van der Waals surface area contributed by atoms with E-state index in [1.165, 1.54) is 0 Å². The SMILES string of the molecule is CC1(C)CCCN(c2nc(NN)ncc2F)CC1. The standard InChI is InChI=1S/C12H20FN5/c1-12(2)4-3-6-18(7-5-12)10-9(13)8-15-11(16-10)17-14/h8H,3-7,14H2,1-2H3,(H,15,16,17). The average molecular weight is 253 g/mol. The summed E-state index contributed by atoms with van der Waals surface area (Å²) in [6, 6.07) is 0. The first-order valence-electron chi connectivity index (χ1n) is 6.26. The first-order chi connectivity index (χ1) is 8.52. The number of hydrogen-bond donors (Lipinski definition) is 2. The van der Waals surface area contributed by atoms with Crippen molar-refractivity contribution in [3.8, 4) is 0 Å². The van der Waals surface area contributed by atoms with Gasteiger partial charge in [-0.15, -0.1) is 0 Å². The van der Waals surface area contributed by atoms with Crippen LogP contribution in [0.5, 0.6) is 0 Å². The second kappa shape index (κ2) is 5.06. The van der Waals surface area contributed by atoms with Crippen molar-refractivity contribution in [1.82, 2.24) is 9.97 Å². The molecule has 5 nitrogen and oxygen atoms in total. The van der Waals surface area contributed by atoms with E-state index in [1.54, 1.807) is 0 Å². The molecule has 18 heavy (non-hydrogen) atoms. The average Bonchev–Trinajstić information content (AvgIpc) is 2.51. The third kappa shape index (κ3) is 2.87. The number of hydrogen-bond acceptors (Lipinski definition) is 5. The number of nitrogens with two attached hydrogens (primary N) is 1. The van der Waals surface area contributed by atoms with Gasteiger partial charge in [0.05, 0.1) is 6.20 Å². The van der Waals surface area contributed by atoms with Crippen molar-refractivity contribution in [2.45, 2.75) is 33.1 Å². The van der Waals surface area contributed by atoms with Crippen molar-refractivity contribution < 1.29 is 4.39 Å². The molecular weight excluding hydrogens is 233 g/mol. The summed E-state index contributed by atoms with van der Waals surface area (Å²) in [5.41, 5.74) is 2.66. The molecule has 100 valence electrons. The largest absolute Gasteiger partial charge is 0.354 e. The summed E-state index contributed by atoms with van der Waals surface area (Å²) in [5.74, 6) is 5.45. The van der Waals surface area contributed by atoms with Crippen molar-refractivity contribution in [2.24, 2.45) is 11.3 Å². The molecule has 0 unspecified atom stereocenters. The van der Waals surface area contributed by atoms with Crippen molar-refractivity contribution in [3.63, 3.8) is 0 Å². The van der Waals surface area contributed by atoms with Crippen molar-refractivity contribution in [2.75, 3.05) is 23.4 Å². The molecule has 0 spiro atoms. The van der Waals surface area contributed by atoms with E-state index in [0.29, 0.717) is 11.2 Å². The predicted octanol–water partition coefficient (Wildman–Crippen LogP) is 1.92. The Morgan fingerprint density at radius 3 is 2.89 bits per heavy atom. The van der Waals surface area contributed by atoms with Crippen LogP contribution in [0.25, 0.3) is 0 Å². The van der Waals surface area contributed by atoms with Crippen LogP contribution in [-0.2, 0) is 0 Å². The van der Waals surface area contributed by atoms with E-state index in [4.69, 9.17) is 5.84 Å². The van der Waals surface area contributed by atoms with Gasteiger partial charge in [0.15, 0.2) is 11.6 Å². The molecule has 2 rings (SSSR count). The summed E-state index contributed by atoms with van der Waals surface area (Å²) < 4.78 is 13.8. The van der Waals surface area contributed by atoms with Crippen molar-refractivity contribution >= 4 is 11.8 Å². The molecule has 1 saturated heterocycles. The molecule has 0 bridgehead atoms. The van der Waals surface area contributed by atoms with E-state index in [1.807, 2.05) is 4.90 Å².